The second-order valence-corrected chi connectivity index (χ2v) is 7.87. The summed E-state index contributed by atoms with van der Waals surface area (Å²) in [7, 11) is -4.24. The second-order valence-electron chi connectivity index (χ2n) is 5.22. The van der Waals surface area contributed by atoms with Crippen molar-refractivity contribution in [1.82, 2.24) is 4.72 Å². The van der Waals surface area contributed by atoms with Crippen molar-refractivity contribution in [2.24, 2.45) is 5.41 Å². The van der Waals surface area contributed by atoms with Crippen LogP contribution in [0.15, 0.2) is 21.5 Å². The quantitative estimate of drug-likeness (QED) is 0.691. The number of halogens is 2. The van der Waals surface area contributed by atoms with Crippen molar-refractivity contribution in [3.05, 3.63) is 28.0 Å². The third-order valence-corrected chi connectivity index (χ3v) is 4.55. The number of carboxylic acids is 1. The van der Waals surface area contributed by atoms with Gasteiger partial charge < -0.3 is 10.2 Å². The van der Waals surface area contributed by atoms with Crippen molar-refractivity contribution >= 4 is 31.9 Å². The van der Waals surface area contributed by atoms with Gasteiger partial charge in [-0.2, -0.15) is 0 Å². The van der Waals surface area contributed by atoms with Gasteiger partial charge in [-0.1, -0.05) is 29.8 Å². The van der Waals surface area contributed by atoms with Crippen molar-refractivity contribution in [2.45, 2.75) is 18.7 Å². The van der Waals surface area contributed by atoms with Crippen molar-refractivity contribution in [1.29, 1.82) is 0 Å². The van der Waals surface area contributed by atoms with Gasteiger partial charge in [-0.05, 0) is 12.1 Å². The fraction of sp³-hybridized carbons (Fsp3) is 0.417. The minimum atomic E-state index is -4.24. The first-order valence-corrected chi connectivity index (χ1v) is 8.11. The van der Waals surface area contributed by atoms with Gasteiger partial charge in [0.2, 0.25) is 10.0 Å². The van der Waals surface area contributed by atoms with E-state index in [1.165, 1.54) is 0 Å². The number of carboxylic acid groups (broad SMARTS) is 1. The molecule has 0 unspecified atom stereocenters. The van der Waals surface area contributed by atoms with Gasteiger partial charge >= 0.3 is 5.97 Å². The predicted octanol–water partition coefficient (Wildman–Crippen LogP) is 1.58. The van der Waals surface area contributed by atoms with Crippen LogP contribution in [0.3, 0.4) is 0 Å². The number of sulfonamides is 1. The Morgan fingerprint density at radius 1 is 1.43 bits per heavy atom. The van der Waals surface area contributed by atoms with Crippen LogP contribution in [0.4, 0.5) is 4.39 Å². The van der Waals surface area contributed by atoms with Gasteiger partial charge in [0.1, 0.15) is 4.90 Å². The van der Waals surface area contributed by atoms with Gasteiger partial charge in [-0.3, -0.25) is 0 Å². The number of aliphatic hydroxyl groups excluding tert-OH is 1. The second kappa shape index (κ2) is 6.39. The summed E-state index contributed by atoms with van der Waals surface area (Å²) in [5.74, 6) is -2.90. The molecule has 0 amide bonds. The van der Waals surface area contributed by atoms with Gasteiger partial charge in [0.15, 0.2) is 5.82 Å². The number of aromatic carboxylic acids is 1. The number of hydrogen-bond donors (Lipinski definition) is 3. The Balaban J connectivity index is 3.23. The van der Waals surface area contributed by atoms with E-state index in [4.69, 9.17) is 10.2 Å². The Morgan fingerprint density at radius 3 is 2.48 bits per heavy atom. The SMILES string of the molecule is CC(C)(CO)CNS(=O)(=O)c1cc(Br)cc(C(=O)O)c1F. The molecule has 1 aromatic carbocycles. The van der Waals surface area contributed by atoms with Crippen molar-refractivity contribution in [2.75, 3.05) is 13.2 Å². The van der Waals surface area contributed by atoms with Crippen LogP contribution < -0.4 is 4.72 Å². The summed E-state index contributed by atoms with van der Waals surface area (Å²) in [5, 5.41) is 18.0. The minimum absolute atomic E-state index is 0.125. The maximum absolute atomic E-state index is 14.0. The maximum atomic E-state index is 14.0. The Bertz CT molecular complexity index is 660. The third-order valence-electron chi connectivity index (χ3n) is 2.69. The largest absolute Gasteiger partial charge is 0.478 e. The minimum Gasteiger partial charge on any atom is -0.478 e. The molecule has 0 radical (unpaired) electrons. The molecule has 0 aliphatic rings. The zero-order valence-electron chi connectivity index (χ0n) is 11.4. The zero-order valence-corrected chi connectivity index (χ0v) is 13.8. The summed E-state index contributed by atoms with van der Waals surface area (Å²) < 4.78 is 40.5. The van der Waals surface area contributed by atoms with Gasteiger partial charge in [0.25, 0.3) is 0 Å². The highest BCUT2D eigenvalue weighted by Gasteiger charge is 2.27. The van der Waals surface area contributed by atoms with Crippen LogP contribution in [0.25, 0.3) is 0 Å². The molecular weight excluding hydrogens is 369 g/mol. The molecule has 0 atom stereocenters. The lowest BCUT2D eigenvalue weighted by atomic mass is 9.96. The van der Waals surface area contributed by atoms with E-state index in [0.29, 0.717) is 0 Å². The normalized spacial score (nSPS) is 12.4. The molecule has 0 aliphatic carbocycles. The highest BCUT2D eigenvalue weighted by molar-refractivity contribution is 9.10. The van der Waals surface area contributed by atoms with Crippen molar-refractivity contribution < 1.29 is 27.8 Å². The van der Waals surface area contributed by atoms with E-state index in [-0.39, 0.29) is 17.6 Å². The molecule has 21 heavy (non-hydrogen) atoms. The Labute approximate surface area is 130 Å². The summed E-state index contributed by atoms with van der Waals surface area (Å²) in [5.41, 5.74) is -1.48. The first kappa shape index (κ1) is 18.0. The number of nitrogens with one attached hydrogen (secondary N) is 1. The van der Waals surface area contributed by atoms with Crippen LogP contribution in [0.5, 0.6) is 0 Å². The van der Waals surface area contributed by atoms with Gasteiger partial charge in [-0.15, -0.1) is 0 Å². The van der Waals surface area contributed by atoms with E-state index < -0.39 is 37.7 Å². The Morgan fingerprint density at radius 2 is 2.00 bits per heavy atom. The highest BCUT2D eigenvalue weighted by atomic mass is 79.9. The van der Waals surface area contributed by atoms with Gasteiger partial charge in [0, 0.05) is 23.0 Å². The molecule has 6 nitrogen and oxygen atoms in total. The maximum Gasteiger partial charge on any atom is 0.338 e. The molecule has 0 fully saturated rings. The molecule has 9 heteroatoms. The molecule has 118 valence electrons. The predicted molar refractivity (Wildman–Crippen MR) is 77.1 cm³/mol. The lowest BCUT2D eigenvalue weighted by Gasteiger charge is -2.22. The van der Waals surface area contributed by atoms with Crippen LogP contribution in [-0.2, 0) is 10.0 Å². The summed E-state index contributed by atoms with van der Waals surface area (Å²) in [6, 6.07) is 1.96. The molecule has 0 heterocycles. The number of benzene rings is 1. The molecule has 3 N–H and O–H groups in total. The fourth-order valence-corrected chi connectivity index (χ4v) is 3.31. The smallest absolute Gasteiger partial charge is 0.338 e. The molecule has 0 saturated carbocycles. The fourth-order valence-electron chi connectivity index (χ4n) is 1.34. The first-order valence-electron chi connectivity index (χ1n) is 5.83. The van der Waals surface area contributed by atoms with E-state index in [1.807, 2.05) is 0 Å². The molecule has 0 aliphatic heterocycles. The summed E-state index contributed by atoms with van der Waals surface area (Å²) >= 11 is 2.95. The average molecular weight is 384 g/mol. The van der Waals surface area contributed by atoms with Crippen LogP contribution in [0, 0.1) is 11.2 Å². The number of carbonyl (C=O) groups is 1. The average Bonchev–Trinajstić information content (AvgIpc) is 2.38. The van der Waals surface area contributed by atoms with E-state index in [0.717, 1.165) is 12.1 Å². The molecule has 0 aromatic heterocycles. The van der Waals surface area contributed by atoms with Crippen molar-refractivity contribution in [3.63, 3.8) is 0 Å². The molecule has 1 aromatic rings. The van der Waals surface area contributed by atoms with E-state index in [1.54, 1.807) is 13.8 Å². The van der Waals surface area contributed by atoms with E-state index in [2.05, 4.69) is 20.7 Å². The highest BCUT2D eigenvalue weighted by Crippen LogP contribution is 2.24. The standard InChI is InChI=1S/C12H15BrFNO5S/c1-12(2,6-16)5-15-21(19,20)9-4-7(13)3-8(10(9)14)11(17)18/h3-4,15-16H,5-6H2,1-2H3,(H,17,18). The van der Waals surface area contributed by atoms with Crippen LogP contribution >= 0.6 is 15.9 Å². The van der Waals surface area contributed by atoms with E-state index >= 15 is 0 Å². The Kier molecular flexibility index (Phi) is 5.48. The number of rotatable bonds is 6. The third kappa shape index (κ3) is 4.47. The van der Waals surface area contributed by atoms with Gasteiger partial charge in [0.05, 0.1) is 5.56 Å². The lowest BCUT2D eigenvalue weighted by molar-refractivity contribution is 0.0691. The number of aliphatic hydroxyl groups is 1. The molecule has 0 spiro atoms. The molecule has 0 saturated heterocycles. The lowest BCUT2D eigenvalue weighted by Crippen LogP contribution is -2.36. The van der Waals surface area contributed by atoms with Crippen LogP contribution in [-0.4, -0.2) is 37.8 Å². The van der Waals surface area contributed by atoms with E-state index in [9.17, 15) is 17.6 Å². The zero-order chi connectivity index (χ0) is 16.4. The molecule has 0 bridgehead atoms. The first-order chi connectivity index (χ1) is 9.50. The number of hydrogen-bond acceptors (Lipinski definition) is 4. The van der Waals surface area contributed by atoms with Gasteiger partial charge in [-0.25, -0.2) is 22.3 Å². The van der Waals surface area contributed by atoms with Crippen molar-refractivity contribution in [3.8, 4) is 0 Å². The summed E-state index contributed by atoms with van der Waals surface area (Å²) in [4.78, 5) is 10.1. The monoisotopic (exact) mass is 383 g/mol. The van der Waals surface area contributed by atoms with Crippen LogP contribution in [0.1, 0.15) is 24.2 Å². The summed E-state index contributed by atoms with van der Waals surface area (Å²) in [6.45, 7) is 2.85. The molecule has 1 rings (SSSR count). The van der Waals surface area contributed by atoms with Crippen LogP contribution in [0.2, 0.25) is 0 Å². The summed E-state index contributed by atoms with van der Waals surface area (Å²) in [6.07, 6.45) is 0. The Hall–Kier alpha value is -1.03. The molecular formula is C12H15BrFNO5S. The topological polar surface area (TPSA) is 104 Å².